The number of hydrogen-bond donors (Lipinski definition) is 0. The van der Waals surface area contributed by atoms with Crippen LogP contribution in [-0.4, -0.2) is 51.5 Å². The topological polar surface area (TPSA) is 78.2 Å². The SMILES string of the molecule is COc1cccc(Oc2ccc(-c3nc([C@@H]4CCN(C(C)=O)C4)n4c(OC(C)C)cncc34)cc2)c1F. The maximum absolute atomic E-state index is 14.5. The molecule has 0 bridgehead atoms. The fourth-order valence-corrected chi connectivity index (χ4v) is 4.63. The fourth-order valence-electron chi connectivity index (χ4n) is 4.63. The fraction of sp³-hybridized carbons (Fsp3) is 0.321. The van der Waals surface area contributed by atoms with Gasteiger partial charge in [0.1, 0.15) is 11.6 Å². The van der Waals surface area contributed by atoms with Crippen LogP contribution >= 0.6 is 0 Å². The minimum Gasteiger partial charge on any atom is -0.494 e. The molecule has 5 rings (SSSR count). The quantitative estimate of drug-likeness (QED) is 0.333. The monoisotopic (exact) mass is 504 g/mol. The van der Waals surface area contributed by atoms with Crippen LogP contribution < -0.4 is 14.2 Å². The van der Waals surface area contributed by atoms with Crippen LogP contribution in [-0.2, 0) is 4.79 Å². The van der Waals surface area contributed by atoms with Gasteiger partial charge in [-0.2, -0.15) is 4.39 Å². The normalized spacial score (nSPS) is 15.4. The predicted molar refractivity (Wildman–Crippen MR) is 137 cm³/mol. The lowest BCUT2D eigenvalue weighted by Crippen LogP contribution is -2.25. The molecule has 1 fully saturated rings. The first-order valence-corrected chi connectivity index (χ1v) is 12.2. The molecule has 37 heavy (non-hydrogen) atoms. The number of methoxy groups -OCH3 is 1. The highest BCUT2D eigenvalue weighted by atomic mass is 19.1. The average Bonchev–Trinajstić information content (AvgIpc) is 3.52. The van der Waals surface area contributed by atoms with E-state index in [2.05, 4.69) is 4.98 Å². The van der Waals surface area contributed by atoms with Crippen molar-refractivity contribution in [1.82, 2.24) is 19.3 Å². The Labute approximate surface area is 214 Å². The summed E-state index contributed by atoms with van der Waals surface area (Å²) in [4.78, 5) is 23.3. The summed E-state index contributed by atoms with van der Waals surface area (Å²) in [5, 5.41) is 0. The van der Waals surface area contributed by atoms with E-state index in [0.29, 0.717) is 24.7 Å². The Bertz CT molecular complexity index is 1430. The van der Waals surface area contributed by atoms with Gasteiger partial charge in [-0.1, -0.05) is 6.07 Å². The lowest BCUT2D eigenvalue weighted by atomic mass is 10.1. The van der Waals surface area contributed by atoms with Gasteiger partial charge in [0, 0.05) is 31.5 Å². The molecule has 4 aromatic rings. The molecule has 0 spiro atoms. The van der Waals surface area contributed by atoms with Crippen LogP contribution in [0.2, 0.25) is 0 Å². The summed E-state index contributed by atoms with van der Waals surface area (Å²) >= 11 is 0. The molecule has 0 unspecified atom stereocenters. The molecule has 0 aliphatic carbocycles. The molecule has 2 aromatic heterocycles. The zero-order valence-electron chi connectivity index (χ0n) is 21.3. The molecule has 1 aliphatic heterocycles. The number of carbonyl (C=O) groups is 1. The number of halogens is 1. The van der Waals surface area contributed by atoms with Crippen molar-refractivity contribution in [3.63, 3.8) is 0 Å². The largest absolute Gasteiger partial charge is 0.494 e. The Kier molecular flexibility index (Phi) is 6.69. The van der Waals surface area contributed by atoms with E-state index in [1.54, 1.807) is 43.6 Å². The summed E-state index contributed by atoms with van der Waals surface area (Å²) < 4.78 is 33.4. The summed E-state index contributed by atoms with van der Waals surface area (Å²) in [5.74, 6) is 1.70. The minimum atomic E-state index is -0.557. The molecule has 3 heterocycles. The number of nitrogens with zero attached hydrogens (tertiary/aromatic N) is 4. The van der Waals surface area contributed by atoms with E-state index in [-0.39, 0.29) is 29.4 Å². The summed E-state index contributed by atoms with van der Waals surface area (Å²) in [6.07, 6.45) is 4.24. The highest BCUT2D eigenvalue weighted by molar-refractivity contribution is 5.78. The van der Waals surface area contributed by atoms with Crippen LogP contribution in [0, 0.1) is 5.82 Å². The number of hydrogen-bond acceptors (Lipinski definition) is 6. The molecular formula is C28H29FN4O4. The Morgan fingerprint density at radius 3 is 2.54 bits per heavy atom. The van der Waals surface area contributed by atoms with Crippen molar-refractivity contribution in [1.29, 1.82) is 0 Å². The van der Waals surface area contributed by atoms with Crippen molar-refractivity contribution in [3.05, 3.63) is 66.5 Å². The zero-order valence-corrected chi connectivity index (χ0v) is 21.3. The second-order valence-electron chi connectivity index (χ2n) is 9.30. The van der Waals surface area contributed by atoms with Gasteiger partial charge in [-0.3, -0.25) is 14.2 Å². The van der Waals surface area contributed by atoms with Crippen LogP contribution in [0.1, 0.15) is 38.9 Å². The van der Waals surface area contributed by atoms with Crippen molar-refractivity contribution >= 4 is 11.4 Å². The van der Waals surface area contributed by atoms with Crippen LogP contribution in [0.15, 0.2) is 54.9 Å². The van der Waals surface area contributed by atoms with Gasteiger partial charge in [-0.05, 0) is 56.7 Å². The van der Waals surface area contributed by atoms with Crippen molar-refractivity contribution in [2.45, 2.75) is 39.2 Å². The van der Waals surface area contributed by atoms with Gasteiger partial charge in [0.25, 0.3) is 0 Å². The molecular weight excluding hydrogens is 475 g/mol. The summed E-state index contributed by atoms with van der Waals surface area (Å²) in [7, 11) is 1.41. The van der Waals surface area contributed by atoms with E-state index in [1.807, 2.05) is 35.3 Å². The van der Waals surface area contributed by atoms with Gasteiger partial charge in [0.15, 0.2) is 11.5 Å². The molecule has 192 valence electrons. The van der Waals surface area contributed by atoms with E-state index in [4.69, 9.17) is 19.2 Å². The number of ether oxygens (including phenoxy) is 3. The number of likely N-dealkylation sites (tertiary alicyclic amines) is 1. The molecule has 8 nitrogen and oxygen atoms in total. The number of rotatable bonds is 7. The third-order valence-electron chi connectivity index (χ3n) is 6.40. The molecule has 0 saturated carbocycles. The van der Waals surface area contributed by atoms with E-state index in [9.17, 15) is 9.18 Å². The molecule has 0 radical (unpaired) electrons. The second kappa shape index (κ2) is 10.1. The standard InChI is InChI=1S/C28H29FN4O4/c1-17(2)36-25-15-30-14-22-27(31-28(33(22)25)20-12-13-32(16-20)18(3)34)19-8-10-21(11-9-19)37-24-7-5-6-23(35-4)26(24)29/h5-11,14-15,17,20H,12-13,16H2,1-4H3/t20-/m1/s1. The number of fused-ring (bicyclic) bond motifs is 1. The highest BCUT2D eigenvalue weighted by Crippen LogP contribution is 2.36. The molecule has 9 heteroatoms. The Balaban J connectivity index is 1.52. The average molecular weight is 505 g/mol. The molecule has 2 aromatic carbocycles. The van der Waals surface area contributed by atoms with Gasteiger partial charge >= 0.3 is 0 Å². The number of benzene rings is 2. The first kappa shape index (κ1) is 24.5. The number of aromatic nitrogens is 3. The number of imidazole rings is 1. The Morgan fingerprint density at radius 2 is 1.86 bits per heavy atom. The molecule has 1 aliphatic rings. The van der Waals surface area contributed by atoms with Crippen LogP contribution in [0.25, 0.3) is 16.8 Å². The molecule has 1 amide bonds. The van der Waals surface area contributed by atoms with Crippen molar-refractivity contribution in [3.8, 4) is 34.4 Å². The van der Waals surface area contributed by atoms with Crippen molar-refractivity contribution in [2.75, 3.05) is 20.2 Å². The van der Waals surface area contributed by atoms with E-state index >= 15 is 0 Å². The van der Waals surface area contributed by atoms with Gasteiger partial charge < -0.3 is 19.1 Å². The molecule has 1 saturated heterocycles. The first-order chi connectivity index (χ1) is 17.9. The second-order valence-corrected chi connectivity index (χ2v) is 9.30. The van der Waals surface area contributed by atoms with Crippen molar-refractivity contribution < 1.29 is 23.4 Å². The zero-order chi connectivity index (χ0) is 26.1. The van der Waals surface area contributed by atoms with Crippen molar-refractivity contribution in [2.24, 2.45) is 0 Å². The van der Waals surface area contributed by atoms with Crippen LogP contribution in [0.5, 0.6) is 23.1 Å². The van der Waals surface area contributed by atoms with Gasteiger partial charge in [-0.15, -0.1) is 0 Å². The van der Waals surface area contributed by atoms with E-state index in [1.165, 1.54) is 13.2 Å². The minimum absolute atomic E-state index is 0.0446. The molecule has 1 atom stereocenters. The van der Waals surface area contributed by atoms with E-state index in [0.717, 1.165) is 29.0 Å². The van der Waals surface area contributed by atoms with Crippen LogP contribution in [0.4, 0.5) is 4.39 Å². The smallest absolute Gasteiger partial charge is 0.219 e. The Morgan fingerprint density at radius 1 is 1.11 bits per heavy atom. The maximum Gasteiger partial charge on any atom is 0.219 e. The van der Waals surface area contributed by atoms with Gasteiger partial charge in [0.2, 0.25) is 17.6 Å². The van der Waals surface area contributed by atoms with Gasteiger partial charge in [-0.25, -0.2) is 4.98 Å². The van der Waals surface area contributed by atoms with E-state index < -0.39 is 5.82 Å². The number of carbonyl (C=O) groups excluding carboxylic acids is 1. The lowest BCUT2D eigenvalue weighted by molar-refractivity contribution is -0.127. The Hall–Kier alpha value is -4.14. The predicted octanol–water partition coefficient (Wildman–Crippen LogP) is 5.46. The summed E-state index contributed by atoms with van der Waals surface area (Å²) in [5.41, 5.74) is 2.41. The summed E-state index contributed by atoms with van der Waals surface area (Å²) in [6, 6.07) is 12.1. The number of amides is 1. The third kappa shape index (κ3) is 4.81. The molecule has 0 N–H and O–H groups in total. The lowest BCUT2D eigenvalue weighted by Gasteiger charge is -2.16. The van der Waals surface area contributed by atoms with Gasteiger partial charge in [0.05, 0.1) is 36.8 Å². The highest BCUT2D eigenvalue weighted by Gasteiger charge is 2.31. The third-order valence-corrected chi connectivity index (χ3v) is 6.40. The maximum atomic E-state index is 14.5. The summed E-state index contributed by atoms with van der Waals surface area (Å²) in [6.45, 7) is 6.83. The first-order valence-electron chi connectivity index (χ1n) is 12.2. The van der Waals surface area contributed by atoms with Crippen LogP contribution in [0.3, 0.4) is 0 Å².